The molecule has 0 radical (unpaired) electrons. The number of hydrogen-bond donors (Lipinski definition) is 1. The van der Waals surface area contributed by atoms with Crippen LogP contribution in [-0.4, -0.2) is 42.2 Å². The van der Waals surface area contributed by atoms with Gasteiger partial charge in [-0.25, -0.2) is 0 Å². The molecule has 1 heterocycles. The Labute approximate surface area is 103 Å². The van der Waals surface area contributed by atoms with Crippen molar-refractivity contribution >= 4 is 0 Å². The van der Waals surface area contributed by atoms with E-state index in [1.54, 1.807) is 10.9 Å². The molecule has 98 valence electrons. The molecule has 0 bridgehead atoms. The molecule has 1 aromatic rings. The largest absolute Gasteiger partial charge is 0.486 e. The maximum atomic E-state index is 5.69. The smallest absolute Gasteiger partial charge is 0.157 e. The number of hydrogen-bond acceptors (Lipinski definition) is 4. The topological polar surface area (TPSA) is 48.3 Å². The molecule has 1 aromatic heterocycles. The van der Waals surface area contributed by atoms with Crippen LogP contribution >= 0.6 is 0 Å². The molecule has 1 rings (SSSR count). The van der Waals surface area contributed by atoms with Crippen molar-refractivity contribution in [1.82, 2.24) is 15.1 Å². The molecule has 0 aliphatic heterocycles. The lowest BCUT2D eigenvalue weighted by molar-refractivity contribution is 0.143. The molecule has 0 aliphatic carbocycles. The Morgan fingerprint density at radius 3 is 3.00 bits per heavy atom. The molecule has 17 heavy (non-hydrogen) atoms. The summed E-state index contributed by atoms with van der Waals surface area (Å²) in [5.41, 5.74) is 0. The van der Waals surface area contributed by atoms with Crippen LogP contribution in [0.4, 0.5) is 0 Å². The zero-order valence-corrected chi connectivity index (χ0v) is 11.0. The van der Waals surface area contributed by atoms with Gasteiger partial charge in [0.25, 0.3) is 0 Å². The van der Waals surface area contributed by atoms with Gasteiger partial charge in [-0.3, -0.25) is 4.68 Å². The van der Waals surface area contributed by atoms with Gasteiger partial charge in [-0.05, 0) is 26.8 Å². The summed E-state index contributed by atoms with van der Waals surface area (Å²) in [6.45, 7) is 7.46. The highest BCUT2D eigenvalue weighted by atomic mass is 16.5. The Hall–Kier alpha value is -1.07. The Kier molecular flexibility index (Phi) is 6.65. The van der Waals surface area contributed by atoms with Crippen LogP contribution in [0.15, 0.2) is 12.4 Å². The van der Waals surface area contributed by atoms with E-state index in [4.69, 9.17) is 9.47 Å². The molecule has 0 saturated heterocycles. The van der Waals surface area contributed by atoms with E-state index in [0.717, 1.165) is 38.5 Å². The predicted octanol–water partition coefficient (Wildman–Crippen LogP) is 1.20. The second-order valence-electron chi connectivity index (χ2n) is 4.03. The zero-order chi connectivity index (χ0) is 12.5. The molecular weight excluding hydrogens is 218 g/mol. The second kappa shape index (κ2) is 8.08. The van der Waals surface area contributed by atoms with Crippen molar-refractivity contribution in [3.8, 4) is 5.75 Å². The molecule has 0 spiro atoms. The molecule has 0 fully saturated rings. The minimum Gasteiger partial charge on any atom is -0.486 e. The maximum absolute atomic E-state index is 5.69. The van der Waals surface area contributed by atoms with Crippen LogP contribution in [0.25, 0.3) is 0 Å². The van der Waals surface area contributed by atoms with Crippen LogP contribution in [0.2, 0.25) is 0 Å². The van der Waals surface area contributed by atoms with Gasteiger partial charge in [-0.2, -0.15) is 5.10 Å². The number of nitrogens with zero attached hydrogens (tertiary/aromatic N) is 2. The SMILES string of the molecule is CCOCCCNCC(C)Oc1cnn(C)c1. The molecule has 5 heteroatoms. The van der Waals surface area contributed by atoms with Crippen LogP contribution in [-0.2, 0) is 11.8 Å². The van der Waals surface area contributed by atoms with Gasteiger partial charge in [0, 0.05) is 26.8 Å². The summed E-state index contributed by atoms with van der Waals surface area (Å²) in [5, 5.41) is 7.39. The van der Waals surface area contributed by atoms with Crippen LogP contribution < -0.4 is 10.1 Å². The summed E-state index contributed by atoms with van der Waals surface area (Å²) >= 11 is 0. The van der Waals surface area contributed by atoms with Crippen molar-refractivity contribution in [2.24, 2.45) is 7.05 Å². The van der Waals surface area contributed by atoms with Gasteiger partial charge in [0.1, 0.15) is 6.10 Å². The first-order chi connectivity index (χ1) is 8.22. The van der Waals surface area contributed by atoms with Crippen molar-refractivity contribution < 1.29 is 9.47 Å². The minimum absolute atomic E-state index is 0.145. The standard InChI is InChI=1S/C12H23N3O2/c1-4-16-7-5-6-13-8-11(2)17-12-9-14-15(3)10-12/h9-11,13H,4-8H2,1-3H3. The van der Waals surface area contributed by atoms with Crippen molar-refractivity contribution in [3.05, 3.63) is 12.4 Å². The lowest BCUT2D eigenvalue weighted by atomic mass is 10.3. The average molecular weight is 241 g/mol. The van der Waals surface area contributed by atoms with Gasteiger partial charge in [-0.1, -0.05) is 0 Å². The lowest BCUT2D eigenvalue weighted by Crippen LogP contribution is -2.30. The van der Waals surface area contributed by atoms with E-state index in [1.165, 1.54) is 0 Å². The molecule has 5 nitrogen and oxygen atoms in total. The molecule has 0 aliphatic rings. The van der Waals surface area contributed by atoms with E-state index in [9.17, 15) is 0 Å². The fourth-order valence-corrected chi connectivity index (χ4v) is 1.48. The highest BCUT2D eigenvalue weighted by Gasteiger charge is 2.04. The van der Waals surface area contributed by atoms with E-state index in [1.807, 2.05) is 27.1 Å². The Morgan fingerprint density at radius 2 is 2.35 bits per heavy atom. The Bertz CT molecular complexity index is 302. The van der Waals surface area contributed by atoms with Gasteiger partial charge < -0.3 is 14.8 Å². The third kappa shape index (κ3) is 6.28. The monoisotopic (exact) mass is 241 g/mol. The summed E-state index contributed by atoms with van der Waals surface area (Å²) in [6, 6.07) is 0. The predicted molar refractivity (Wildman–Crippen MR) is 67.3 cm³/mol. The maximum Gasteiger partial charge on any atom is 0.157 e. The third-order valence-electron chi connectivity index (χ3n) is 2.30. The van der Waals surface area contributed by atoms with E-state index in [2.05, 4.69) is 10.4 Å². The van der Waals surface area contributed by atoms with E-state index < -0.39 is 0 Å². The molecule has 1 N–H and O–H groups in total. The van der Waals surface area contributed by atoms with E-state index >= 15 is 0 Å². The first-order valence-electron chi connectivity index (χ1n) is 6.16. The molecule has 0 amide bonds. The quantitative estimate of drug-likeness (QED) is 0.660. The van der Waals surface area contributed by atoms with Gasteiger partial charge in [-0.15, -0.1) is 0 Å². The molecule has 1 unspecified atom stereocenters. The zero-order valence-electron chi connectivity index (χ0n) is 11.0. The number of aryl methyl sites for hydroxylation is 1. The lowest BCUT2D eigenvalue weighted by Gasteiger charge is -2.13. The Balaban J connectivity index is 2.03. The molecular formula is C12H23N3O2. The minimum atomic E-state index is 0.145. The van der Waals surface area contributed by atoms with Gasteiger partial charge in [0.15, 0.2) is 5.75 Å². The average Bonchev–Trinajstić information content (AvgIpc) is 2.69. The normalized spacial score (nSPS) is 12.6. The highest BCUT2D eigenvalue weighted by molar-refractivity contribution is 5.11. The number of ether oxygens (including phenoxy) is 2. The molecule has 1 atom stereocenters. The second-order valence-corrected chi connectivity index (χ2v) is 4.03. The first-order valence-corrected chi connectivity index (χ1v) is 6.16. The fourth-order valence-electron chi connectivity index (χ4n) is 1.48. The van der Waals surface area contributed by atoms with Gasteiger partial charge in [0.05, 0.1) is 12.4 Å². The molecule has 0 aromatic carbocycles. The van der Waals surface area contributed by atoms with Crippen LogP contribution in [0.3, 0.4) is 0 Å². The summed E-state index contributed by atoms with van der Waals surface area (Å²) in [5.74, 6) is 0.816. The van der Waals surface area contributed by atoms with Crippen LogP contribution in [0.5, 0.6) is 5.75 Å². The van der Waals surface area contributed by atoms with Crippen molar-refractivity contribution in [2.75, 3.05) is 26.3 Å². The van der Waals surface area contributed by atoms with Crippen molar-refractivity contribution in [3.63, 3.8) is 0 Å². The number of aromatic nitrogens is 2. The van der Waals surface area contributed by atoms with Crippen LogP contribution in [0, 0.1) is 0 Å². The summed E-state index contributed by atoms with van der Waals surface area (Å²) in [6.07, 6.45) is 4.77. The van der Waals surface area contributed by atoms with E-state index in [-0.39, 0.29) is 6.10 Å². The fraction of sp³-hybridized carbons (Fsp3) is 0.750. The summed E-state index contributed by atoms with van der Waals surface area (Å²) in [4.78, 5) is 0. The highest BCUT2D eigenvalue weighted by Crippen LogP contribution is 2.08. The summed E-state index contributed by atoms with van der Waals surface area (Å²) < 4.78 is 12.7. The van der Waals surface area contributed by atoms with Gasteiger partial charge in [0.2, 0.25) is 0 Å². The first kappa shape index (κ1) is 14.0. The number of rotatable bonds is 9. The Morgan fingerprint density at radius 1 is 1.53 bits per heavy atom. The van der Waals surface area contributed by atoms with E-state index in [0.29, 0.717) is 0 Å². The third-order valence-corrected chi connectivity index (χ3v) is 2.30. The van der Waals surface area contributed by atoms with Crippen LogP contribution in [0.1, 0.15) is 20.3 Å². The number of nitrogens with one attached hydrogen (secondary N) is 1. The molecule has 0 saturated carbocycles. The van der Waals surface area contributed by atoms with Crippen molar-refractivity contribution in [1.29, 1.82) is 0 Å². The summed E-state index contributed by atoms with van der Waals surface area (Å²) in [7, 11) is 1.88. The van der Waals surface area contributed by atoms with Crippen molar-refractivity contribution in [2.45, 2.75) is 26.4 Å². The van der Waals surface area contributed by atoms with Gasteiger partial charge >= 0.3 is 0 Å².